The first kappa shape index (κ1) is 22.5. The lowest BCUT2D eigenvalue weighted by Crippen LogP contribution is -2.60. The SMILES string of the molecule is COc1ccc(CC(=O)N[C@H]2CC[C@H]3[C@@H]4CC[C@H]5N(C)C(=O)C=C[C@]5(C)[C@H]4CC[C@]23C)cc1. The van der Waals surface area contributed by atoms with Crippen molar-refractivity contribution in [3.8, 4) is 5.75 Å². The number of hydrogen-bond donors (Lipinski definition) is 1. The molecule has 178 valence electrons. The van der Waals surface area contributed by atoms with Gasteiger partial charge in [0.1, 0.15) is 5.75 Å². The standard InChI is InChI=1S/C28H38N2O3/c1-27-15-13-22-20(9-12-24-28(22,2)16-14-26(32)30(24)3)21(27)10-11-23(27)29-25(31)17-18-5-7-19(33-4)8-6-18/h5-8,14,16,20-24H,9-13,15,17H2,1-4H3,(H,29,31)/t20-,21-,22-,23-,24+,27-,28+/m0/s1. The summed E-state index contributed by atoms with van der Waals surface area (Å²) >= 11 is 0. The van der Waals surface area contributed by atoms with Crippen molar-refractivity contribution in [3.63, 3.8) is 0 Å². The average molecular weight is 451 g/mol. The van der Waals surface area contributed by atoms with Crippen LogP contribution in [-0.4, -0.2) is 43.0 Å². The van der Waals surface area contributed by atoms with E-state index in [1.54, 1.807) is 7.11 Å². The quantitative estimate of drug-likeness (QED) is 0.741. The van der Waals surface area contributed by atoms with Gasteiger partial charge in [0, 0.05) is 24.5 Å². The molecule has 3 fully saturated rings. The van der Waals surface area contributed by atoms with Gasteiger partial charge in [-0.15, -0.1) is 0 Å². The van der Waals surface area contributed by atoms with Gasteiger partial charge < -0.3 is 15.0 Å². The maximum absolute atomic E-state index is 12.9. The van der Waals surface area contributed by atoms with Crippen LogP contribution in [0.5, 0.6) is 5.75 Å². The third-order valence-corrected chi connectivity index (χ3v) is 9.99. The van der Waals surface area contributed by atoms with Crippen LogP contribution in [-0.2, 0) is 16.0 Å². The van der Waals surface area contributed by atoms with Gasteiger partial charge in [0.25, 0.3) is 0 Å². The Hall–Kier alpha value is -2.30. The number of ether oxygens (including phenoxy) is 1. The second kappa shape index (κ2) is 8.18. The number of nitrogens with zero attached hydrogens (tertiary/aromatic N) is 1. The van der Waals surface area contributed by atoms with Crippen LogP contribution >= 0.6 is 0 Å². The molecule has 5 heteroatoms. The fourth-order valence-corrected chi connectivity index (χ4v) is 8.15. The summed E-state index contributed by atoms with van der Waals surface area (Å²) in [4.78, 5) is 27.2. The first-order valence-electron chi connectivity index (χ1n) is 12.6. The van der Waals surface area contributed by atoms with E-state index in [1.165, 1.54) is 19.3 Å². The number of nitrogens with one attached hydrogen (secondary N) is 1. The summed E-state index contributed by atoms with van der Waals surface area (Å²) in [6.07, 6.45) is 11.4. The number of methoxy groups -OCH3 is 1. The fourth-order valence-electron chi connectivity index (χ4n) is 8.15. The molecule has 2 amide bonds. The minimum Gasteiger partial charge on any atom is -0.497 e. The number of carbonyl (C=O) groups is 2. The number of likely N-dealkylation sites (N-methyl/N-ethyl adjacent to an activating group) is 1. The molecule has 5 nitrogen and oxygen atoms in total. The zero-order valence-corrected chi connectivity index (χ0v) is 20.5. The predicted octanol–water partition coefficient (Wildman–Crippen LogP) is 4.36. The van der Waals surface area contributed by atoms with E-state index in [4.69, 9.17) is 4.74 Å². The first-order valence-corrected chi connectivity index (χ1v) is 12.6. The maximum Gasteiger partial charge on any atom is 0.246 e. The monoisotopic (exact) mass is 450 g/mol. The zero-order chi connectivity index (χ0) is 23.4. The molecule has 0 saturated heterocycles. The summed E-state index contributed by atoms with van der Waals surface area (Å²) in [6.45, 7) is 4.82. The number of rotatable bonds is 4. The highest BCUT2D eigenvalue weighted by Crippen LogP contribution is 2.63. The normalized spacial score (nSPS) is 39.5. The van der Waals surface area contributed by atoms with Crippen LogP contribution in [0.1, 0.15) is 57.9 Å². The molecule has 1 aromatic rings. The third-order valence-electron chi connectivity index (χ3n) is 9.99. The number of fused-ring (bicyclic) bond motifs is 5. The maximum atomic E-state index is 12.9. The Morgan fingerprint density at radius 3 is 2.58 bits per heavy atom. The molecular weight excluding hydrogens is 412 g/mol. The van der Waals surface area contributed by atoms with Gasteiger partial charge in [-0.25, -0.2) is 0 Å². The molecule has 4 aliphatic rings. The van der Waals surface area contributed by atoms with Gasteiger partial charge in [-0.3, -0.25) is 9.59 Å². The summed E-state index contributed by atoms with van der Waals surface area (Å²) < 4.78 is 5.22. The third kappa shape index (κ3) is 3.59. The topological polar surface area (TPSA) is 58.6 Å². The van der Waals surface area contributed by atoms with Gasteiger partial charge in [0.15, 0.2) is 0 Å². The van der Waals surface area contributed by atoms with Gasteiger partial charge in [-0.2, -0.15) is 0 Å². The number of benzene rings is 1. The van der Waals surface area contributed by atoms with Crippen LogP contribution in [0.2, 0.25) is 0 Å². The van der Waals surface area contributed by atoms with Crippen molar-refractivity contribution in [1.29, 1.82) is 0 Å². The van der Waals surface area contributed by atoms with E-state index >= 15 is 0 Å². The Balaban J connectivity index is 1.29. The molecule has 1 aliphatic heterocycles. The van der Waals surface area contributed by atoms with Gasteiger partial charge in [-0.1, -0.05) is 32.1 Å². The first-order chi connectivity index (χ1) is 15.8. The van der Waals surface area contributed by atoms with E-state index in [9.17, 15) is 9.59 Å². The van der Waals surface area contributed by atoms with Crippen molar-refractivity contribution >= 4 is 11.8 Å². The molecule has 0 aromatic heterocycles. The van der Waals surface area contributed by atoms with Crippen molar-refractivity contribution in [3.05, 3.63) is 42.0 Å². The molecule has 0 radical (unpaired) electrons. The molecule has 33 heavy (non-hydrogen) atoms. The van der Waals surface area contributed by atoms with Gasteiger partial charge >= 0.3 is 0 Å². The second-order valence-electron chi connectivity index (χ2n) is 11.4. The van der Waals surface area contributed by atoms with E-state index < -0.39 is 0 Å². The fraction of sp³-hybridized carbons (Fsp3) is 0.643. The molecule has 5 rings (SSSR count). The Morgan fingerprint density at radius 1 is 1.09 bits per heavy atom. The minimum absolute atomic E-state index is 0.0720. The second-order valence-corrected chi connectivity index (χ2v) is 11.4. The highest BCUT2D eigenvalue weighted by Gasteiger charge is 2.60. The van der Waals surface area contributed by atoms with Gasteiger partial charge in [0.2, 0.25) is 11.8 Å². The van der Waals surface area contributed by atoms with E-state index in [-0.39, 0.29) is 28.7 Å². The zero-order valence-electron chi connectivity index (χ0n) is 20.5. The van der Waals surface area contributed by atoms with Crippen molar-refractivity contribution < 1.29 is 14.3 Å². The minimum atomic E-state index is 0.0720. The molecule has 1 N–H and O–H groups in total. The highest BCUT2D eigenvalue weighted by molar-refractivity contribution is 5.89. The molecular formula is C28H38N2O3. The molecule has 3 saturated carbocycles. The Bertz CT molecular complexity index is 956. The van der Waals surface area contributed by atoms with Gasteiger partial charge in [-0.05, 0) is 85.5 Å². The summed E-state index contributed by atoms with van der Waals surface area (Å²) in [6, 6.07) is 8.35. The molecule has 1 heterocycles. The van der Waals surface area contributed by atoms with Crippen LogP contribution in [0, 0.1) is 28.6 Å². The number of amides is 2. The van der Waals surface area contributed by atoms with E-state index in [0.29, 0.717) is 30.2 Å². The van der Waals surface area contributed by atoms with Crippen LogP contribution < -0.4 is 10.1 Å². The van der Waals surface area contributed by atoms with Crippen LogP contribution in [0.3, 0.4) is 0 Å². The van der Waals surface area contributed by atoms with Gasteiger partial charge in [0.05, 0.1) is 13.5 Å². The molecule has 7 atom stereocenters. The molecule has 0 spiro atoms. The largest absolute Gasteiger partial charge is 0.497 e. The average Bonchev–Trinajstić information content (AvgIpc) is 3.13. The summed E-state index contributed by atoms with van der Waals surface area (Å²) in [5.74, 6) is 3.04. The summed E-state index contributed by atoms with van der Waals surface area (Å²) in [5, 5.41) is 3.43. The molecule has 1 aromatic carbocycles. The summed E-state index contributed by atoms with van der Waals surface area (Å²) in [7, 11) is 3.63. The van der Waals surface area contributed by atoms with Crippen molar-refractivity contribution in [2.75, 3.05) is 14.2 Å². The molecule has 3 aliphatic carbocycles. The summed E-state index contributed by atoms with van der Waals surface area (Å²) in [5.41, 5.74) is 1.26. The number of carbonyl (C=O) groups excluding carboxylic acids is 2. The Kier molecular flexibility index (Phi) is 5.57. The van der Waals surface area contributed by atoms with Crippen molar-refractivity contribution in [2.45, 2.75) is 70.9 Å². The number of hydrogen-bond acceptors (Lipinski definition) is 3. The smallest absolute Gasteiger partial charge is 0.246 e. The van der Waals surface area contributed by atoms with Crippen LogP contribution in [0.25, 0.3) is 0 Å². The lowest BCUT2D eigenvalue weighted by Gasteiger charge is -2.60. The van der Waals surface area contributed by atoms with Crippen molar-refractivity contribution in [2.24, 2.45) is 28.6 Å². The lowest BCUT2D eigenvalue weighted by atomic mass is 9.48. The Morgan fingerprint density at radius 2 is 1.85 bits per heavy atom. The highest BCUT2D eigenvalue weighted by atomic mass is 16.5. The van der Waals surface area contributed by atoms with Crippen molar-refractivity contribution in [1.82, 2.24) is 10.2 Å². The molecule has 0 unspecified atom stereocenters. The molecule has 0 bridgehead atoms. The predicted molar refractivity (Wildman–Crippen MR) is 129 cm³/mol. The van der Waals surface area contributed by atoms with Crippen LogP contribution in [0.4, 0.5) is 0 Å². The van der Waals surface area contributed by atoms with E-state index in [1.807, 2.05) is 42.3 Å². The van der Waals surface area contributed by atoms with E-state index in [2.05, 4.69) is 25.2 Å². The van der Waals surface area contributed by atoms with E-state index in [0.717, 1.165) is 30.6 Å². The Labute approximate surface area is 197 Å². The van der Waals surface area contributed by atoms with Crippen LogP contribution in [0.15, 0.2) is 36.4 Å². The lowest BCUT2D eigenvalue weighted by molar-refractivity contribution is -0.138.